The number of hydrogen-bond donors (Lipinski definition) is 1. The van der Waals surface area contributed by atoms with Gasteiger partial charge < -0.3 is 23.9 Å². The van der Waals surface area contributed by atoms with Gasteiger partial charge in [-0.25, -0.2) is 0 Å². The van der Waals surface area contributed by atoms with Gasteiger partial charge in [0.2, 0.25) is 0 Å². The van der Waals surface area contributed by atoms with Gasteiger partial charge in [-0.05, 0) is 29.5 Å². The third-order valence-corrected chi connectivity index (χ3v) is 5.56. The molecule has 0 fully saturated rings. The Labute approximate surface area is 177 Å². The van der Waals surface area contributed by atoms with E-state index in [1.54, 1.807) is 26.5 Å². The molecule has 2 heterocycles. The lowest BCUT2D eigenvalue weighted by Crippen LogP contribution is -2.32. The van der Waals surface area contributed by atoms with Crippen molar-refractivity contribution < 1.29 is 19.3 Å². The lowest BCUT2D eigenvalue weighted by Gasteiger charge is -2.39. The van der Waals surface area contributed by atoms with Crippen LogP contribution in [0, 0.1) is 5.41 Å². The maximum Gasteiger partial charge on any atom is 0.193 e. The Morgan fingerprint density at radius 2 is 1.93 bits per heavy atom. The molecule has 6 nitrogen and oxygen atoms in total. The van der Waals surface area contributed by atoms with Crippen molar-refractivity contribution in [2.24, 2.45) is 5.41 Å². The first-order chi connectivity index (χ1) is 14.2. The van der Waals surface area contributed by atoms with E-state index in [1.807, 2.05) is 12.1 Å². The monoisotopic (exact) mass is 413 g/mol. The molecule has 1 atom stereocenters. The van der Waals surface area contributed by atoms with Crippen LogP contribution in [0.15, 0.2) is 35.8 Å². The van der Waals surface area contributed by atoms with Gasteiger partial charge in [0.25, 0.3) is 0 Å². The summed E-state index contributed by atoms with van der Waals surface area (Å²) >= 11 is 0. The van der Waals surface area contributed by atoms with E-state index in [0.29, 0.717) is 24.7 Å². The number of hydrogen-bond acceptors (Lipinski definition) is 5. The normalized spacial score (nSPS) is 15.3. The van der Waals surface area contributed by atoms with Crippen molar-refractivity contribution >= 4 is 5.76 Å². The number of aromatic nitrogens is 1. The van der Waals surface area contributed by atoms with Crippen LogP contribution in [-0.4, -0.2) is 37.1 Å². The van der Waals surface area contributed by atoms with Crippen LogP contribution in [0.5, 0.6) is 11.5 Å². The predicted molar refractivity (Wildman–Crippen MR) is 119 cm³/mol. The number of benzene rings is 1. The van der Waals surface area contributed by atoms with Crippen LogP contribution in [0.3, 0.4) is 0 Å². The zero-order valence-electron chi connectivity index (χ0n) is 18.4. The van der Waals surface area contributed by atoms with Crippen LogP contribution in [0.25, 0.3) is 17.0 Å². The van der Waals surface area contributed by atoms with Gasteiger partial charge in [0.15, 0.2) is 16.9 Å². The number of fused-ring (bicyclic) bond motifs is 3. The van der Waals surface area contributed by atoms with E-state index >= 15 is 0 Å². The second kappa shape index (κ2) is 8.56. The van der Waals surface area contributed by atoms with Gasteiger partial charge in [-0.15, -0.1) is 0 Å². The fraction of sp³-hybridized carbons (Fsp3) is 0.458. The van der Waals surface area contributed by atoms with Crippen LogP contribution < -0.4 is 14.9 Å². The molecule has 1 aromatic heterocycles. The van der Waals surface area contributed by atoms with Crippen LogP contribution in [0.1, 0.15) is 44.4 Å². The van der Waals surface area contributed by atoms with E-state index in [9.17, 15) is 9.90 Å². The molecule has 6 heteroatoms. The first-order valence-electron chi connectivity index (χ1n) is 10.1. The summed E-state index contributed by atoms with van der Waals surface area (Å²) in [5.41, 5.74) is 2.73. The minimum absolute atomic E-state index is 0.0744. The van der Waals surface area contributed by atoms with Crippen LogP contribution in [0.4, 0.5) is 0 Å². The maximum absolute atomic E-state index is 12.6. The van der Waals surface area contributed by atoms with E-state index in [0.717, 1.165) is 29.7 Å². The topological polar surface area (TPSA) is 69.9 Å². The van der Waals surface area contributed by atoms with Crippen molar-refractivity contribution in [2.75, 3.05) is 27.4 Å². The molecule has 30 heavy (non-hydrogen) atoms. The molecular weight excluding hydrogens is 382 g/mol. The summed E-state index contributed by atoms with van der Waals surface area (Å²) in [5, 5.41) is 9.88. The largest absolute Gasteiger partial charge is 0.508 e. The Bertz CT molecular complexity index is 1000. The quantitative estimate of drug-likeness (QED) is 0.530. The molecule has 162 valence electrons. The molecular formula is C24H31NO5. The molecule has 1 aliphatic heterocycles. The minimum atomic E-state index is -0.256. The Morgan fingerprint density at radius 3 is 2.53 bits per heavy atom. The zero-order valence-corrected chi connectivity index (χ0v) is 18.4. The number of aliphatic hydroxyl groups excluding tert-OH is 1. The molecule has 1 N–H and O–H groups in total. The molecule has 1 aliphatic rings. The van der Waals surface area contributed by atoms with E-state index < -0.39 is 0 Å². The molecule has 0 saturated carbocycles. The lowest BCUT2D eigenvalue weighted by molar-refractivity contribution is 0.170. The second-order valence-corrected chi connectivity index (χ2v) is 8.73. The summed E-state index contributed by atoms with van der Waals surface area (Å²) in [6.45, 7) is 11.2. The minimum Gasteiger partial charge on any atom is -0.508 e. The highest BCUT2D eigenvalue weighted by Gasteiger charge is 2.34. The van der Waals surface area contributed by atoms with Crippen molar-refractivity contribution in [3.63, 3.8) is 0 Å². The van der Waals surface area contributed by atoms with Gasteiger partial charge in [-0.2, -0.15) is 0 Å². The van der Waals surface area contributed by atoms with Crippen molar-refractivity contribution in [3.05, 3.63) is 52.3 Å². The van der Waals surface area contributed by atoms with Crippen molar-refractivity contribution in [1.82, 2.24) is 4.57 Å². The molecule has 0 amide bonds. The van der Waals surface area contributed by atoms with Gasteiger partial charge >= 0.3 is 0 Å². The molecule has 0 aliphatic carbocycles. The molecule has 1 unspecified atom stereocenters. The molecule has 2 aromatic rings. The summed E-state index contributed by atoms with van der Waals surface area (Å²) in [6, 6.07) is 5.62. The van der Waals surface area contributed by atoms with Gasteiger partial charge in [0.1, 0.15) is 5.76 Å². The predicted octanol–water partition coefficient (Wildman–Crippen LogP) is 4.61. The summed E-state index contributed by atoms with van der Waals surface area (Å²) in [6.07, 6.45) is 3.28. The fourth-order valence-corrected chi connectivity index (χ4v) is 3.94. The van der Waals surface area contributed by atoms with Crippen molar-refractivity contribution in [2.45, 2.75) is 39.7 Å². The maximum atomic E-state index is 12.6. The number of rotatable bonds is 7. The fourth-order valence-electron chi connectivity index (χ4n) is 3.94. The summed E-state index contributed by atoms with van der Waals surface area (Å²) in [4.78, 5) is 12.6. The first-order valence-corrected chi connectivity index (χ1v) is 10.1. The number of nitrogens with zero attached hydrogens (tertiary/aromatic N) is 1. The zero-order chi connectivity index (χ0) is 22.1. The SMILES string of the molecule is C=C(O)c1cn2c(cc1=O)-c1cc(OC)c(OCCCOC)cc1CC2C(C)(C)C. The standard InChI is InChI=1S/C24H31NO5/c1-15(26)18-14-25-19(13-20(18)27)17-12-21(29-6)22(30-9-7-8-28-5)10-16(17)11-23(25)24(2,3)4/h10,12-14,23,26H,1,7-9,11H2,2-6H3. The number of ether oxygens (including phenoxy) is 3. The highest BCUT2D eigenvalue weighted by atomic mass is 16.5. The van der Waals surface area contributed by atoms with Gasteiger partial charge in [0.05, 0.1) is 25.0 Å². The lowest BCUT2D eigenvalue weighted by atomic mass is 9.78. The van der Waals surface area contributed by atoms with Crippen molar-refractivity contribution in [1.29, 1.82) is 0 Å². The number of pyridine rings is 1. The number of aliphatic hydroxyl groups is 1. The second-order valence-electron chi connectivity index (χ2n) is 8.73. The van der Waals surface area contributed by atoms with E-state index in [4.69, 9.17) is 14.2 Å². The Morgan fingerprint density at radius 1 is 1.20 bits per heavy atom. The van der Waals surface area contributed by atoms with Gasteiger partial charge in [-0.1, -0.05) is 27.4 Å². The van der Waals surface area contributed by atoms with E-state index in [-0.39, 0.29) is 28.2 Å². The molecule has 0 bridgehead atoms. The Hall–Kier alpha value is -2.73. The molecule has 0 saturated heterocycles. The summed E-state index contributed by atoms with van der Waals surface area (Å²) < 4.78 is 18.7. The average Bonchev–Trinajstić information content (AvgIpc) is 2.68. The average molecular weight is 414 g/mol. The van der Waals surface area contributed by atoms with Crippen LogP contribution in [-0.2, 0) is 11.2 Å². The van der Waals surface area contributed by atoms with Crippen molar-refractivity contribution in [3.8, 4) is 22.8 Å². The number of methoxy groups -OCH3 is 2. The highest BCUT2D eigenvalue weighted by Crippen LogP contribution is 2.45. The van der Waals surface area contributed by atoms with Crippen LogP contribution >= 0.6 is 0 Å². The van der Waals surface area contributed by atoms with Gasteiger partial charge in [0, 0.05) is 44.0 Å². The Balaban J connectivity index is 2.14. The first kappa shape index (κ1) is 22.0. The smallest absolute Gasteiger partial charge is 0.193 e. The summed E-state index contributed by atoms with van der Waals surface area (Å²) in [5.74, 6) is 1.09. The third-order valence-electron chi connectivity index (χ3n) is 5.56. The molecule has 0 radical (unpaired) electrons. The molecule has 1 aromatic carbocycles. The Kier molecular flexibility index (Phi) is 6.27. The summed E-state index contributed by atoms with van der Waals surface area (Å²) in [7, 11) is 3.28. The van der Waals surface area contributed by atoms with Gasteiger partial charge in [-0.3, -0.25) is 4.79 Å². The molecule has 3 rings (SSSR count). The molecule has 0 spiro atoms. The van der Waals surface area contributed by atoms with E-state index in [2.05, 4.69) is 31.9 Å². The third kappa shape index (κ3) is 4.24. The van der Waals surface area contributed by atoms with E-state index in [1.165, 1.54) is 0 Å². The van der Waals surface area contributed by atoms with Crippen LogP contribution in [0.2, 0.25) is 0 Å². The highest BCUT2D eigenvalue weighted by molar-refractivity contribution is 5.72.